The fourth-order valence-electron chi connectivity index (χ4n) is 7.19. The molecule has 0 aliphatic rings. The van der Waals surface area contributed by atoms with E-state index in [4.69, 9.17) is 0 Å². The second kappa shape index (κ2) is 37.1. The van der Waals surface area contributed by atoms with Crippen LogP contribution >= 0.6 is 11.3 Å². The van der Waals surface area contributed by atoms with Gasteiger partial charge in [-0.2, -0.15) is 32.5 Å². The van der Waals surface area contributed by atoms with Crippen molar-refractivity contribution in [2.24, 2.45) is 84.6 Å². The van der Waals surface area contributed by atoms with Gasteiger partial charge in [0.25, 0.3) is 6.33 Å². The zero-order valence-corrected chi connectivity index (χ0v) is 50.6. The molecular formula is C65H107N13O3S+8. The third kappa shape index (κ3) is 23.2. The molecule has 0 saturated carbocycles. The fourth-order valence-corrected chi connectivity index (χ4v) is 8.20. The molecule has 0 aliphatic heterocycles. The fraction of sp³-hybridized carbons (Fsp3) is 0.400. The van der Waals surface area contributed by atoms with Crippen LogP contribution in [-0.2, 0) is 84.6 Å². The predicted molar refractivity (Wildman–Crippen MR) is 338 cm³/mol. The molecule has 8 aromatic heterocycles. The summed E-state index contributed by atoms with van der Waals surface area (Å²) in [5.74, 6) is 1.51. The van der Waals surface area contributed by atoms with Gasteiger partial charge in [0, 0.05) is 85.5 Å². The van der Waals surface area contributed by atoms with E-state index in [1.165, 1.54) is 32.0 Å². The van der Waals surface area contributed by atoms with Crippen LogP contribution in [0.15, 0.2) is 150 Å². The predicted octanol–water partition coefficient (Wildman–Crippen LogP) is 7.59. The van der Waals surface area contributed by atoms with Crippen LogP contribution in [0.4, 0.5) is 0 Å². The molecule has 10 rings (SSSR count). The average molecular weight is 1150 g/mol. The third-order valence-electron chi connectivity index (χ3n) is 13.1. The Morgan fingerprint density at radius 3 is 1.56 bits per heavy atom. The number of aryl methyl sites for hydroxylation is 17. The first kappa shape index (κ1) is 78.2. The lowest BCUT2D eigenvalue weighted by Crippen LogP contribution is -2.53. The minimum absolute atomic E-state index is 0. The van der Waals surface area contributed by atoms with Gasteiger partial charge in [-0.1, -0.05) is 66.7 Å². The highest BCUT2D eigenvalue weighted by molar-refractivity contribution is 7.18. The van der Waals surface area contributed by atoms with E-state index in [1.807, 2.05) is 190 Å². The molecular weight excluding hydrogens is 1040 g/mol. The summed E-state index contributed by atoms with van der Waals surface area (Å²) in [4.78, 5) is 22.5. The van der Waals surface area contributed by atoms with Crippen LogP contribution in [0.5, 0.6) is 5.75 Å². The maximum atomic E-state index is 11.3. The highest BCUT2D eigenvalue weighted by Crippen LogP contribution is 2.24. The summed E-state index contributed by atoms with van der Waals surface area (Å²) in [5.41, 5.74) is 10.2. The Labute approximate surface area is 497 Å². The lowest BCUT2D eigenvalue weighted by Gasteiger charge is -1.99. The molecule has 0 radical (unpaired) electrons. The van der Waals surface area contributed by atoms with Gasteiger partial charge in [-0.25, -0.2) is 22.8 Å². The lowest BCUT2D eigenvalue weighted by atomic mass is 10.1. The first-order chi connectivity index (χ1) is 36.2. The molecule has 0 atom stereocenters. The Morgan fingerprint density at radius 2 is 1.10 bits per heavy atom. The smallest absolute Gasteiger partial charge is 0.497 e. The maximum Gasteiger partial charge on any atom is 0.497 e. The van der Waals surface area contributed by atoms with E-state index in [-0.39, 0.29) is 48.5 Å². The van der Waals surface area contributed by atoms with Crippen molar-refractivity contribution in [2.75, 3.05) is 0 Å². The van der Waals surface area contributed by atoms with Gasteiger partial charge in [-0.05, 0) is 71.4 Å². The molecule has 82 heavy (non-hydrogen) atoms. The number of hydrogen-bond acceptors (Lipinski definition) is 5. The van der Waals surface area contributed by atoms with Crippen molar-refractivity contribution in [1.29, 1.82) is 0 Å². The Morgan fingerprint density at radius 1 is 0.512 bits per heavy atom. The number of aromatic hydroxyl groups is 1. The number of para-hydroxylation sites is 1. The third-order valence-corrected chi connectivity index (χ3v) is 14.3. The lowest BCUT2D eigenvalue weighted by molar-refractivity contribution is -0.748. The van der Waals surface area contributed by atoms with Crippen molar-refractivity contribution in [3.63, 3.8) is 0 Å². The standard InChI is InChI=1S/C10H12N2O.C9H10NS.C8H13N2O.C7H11N2O.3C7H10N.C5H10N3.5CH4/c1-7-9(13)5-4-8-6-11(2)12(3)10(7)8;1-7-10(2)8-5-3-4-6-9(8)11-7;1-6-5-7(2)10(4)8(11)9(6)3;1-6-4-5-8(2)7(10)9(6)3;1-7-3-5-8(2)6-4-7;1-7-4-3-5-8(2)6-7;1-7-5-3-4-6-8(7)2;1-5-7(2)4-6-8(5)3;;;;;/h4-6H,1-3H3;3-6H,1-2H3;5H,1-4H3;4-5H,1-3H3;3*3-6H,1-2H3;4H,1-3H3;5*1H4/q;7*+1;;;;;/p+1. The van der Waals surface area contributed by atoms with E-state index in [1.54, 1.807) is 65.0 Å². The van der Waals surface area contributed by atoms with E-state index in [0.29, 0.717) is 5.75 Å². The van der Waals surface area contributed by atoms with Crippen molar-refractivity contribution in [1.82, 2.24) is 23.6 Å². The van der Waals surface area contributed by atoms with Crippen LogP contribution in [-0.4, -0.2) is 28.7 Å². The number of phenols is 1. The molecule has 0 amide bonds. The van der Waals surface area contributed by atoms with Crippen LogP contribution in [0, 0.1) is 62.3 Å². The number of fused-ring (bicyclic) bond motifs is 2. The minimum atomic E-state index is 0. The topological polar surface area (TPSA) is 118 Å². The van der Waals surface area contributed by atoms with Gasteiger partial charge in [0.1, 0.15) is 61.2 Å². The van der Waals surface area contributed by atoms with Gasteiger partial charge in [-0.3, -0.25) is 0 Å². The van der Waals surface area contributed by atoms with Gasteiger partial charge >= 0.3 is 11.4 Å². The van der Waals surface area contributed by atoms with E-state index < -0.39 is 0 Å². The SMILES string of the molecule is C.C.C.C.C.Cc1c(O)ccc2c[n+](C)n(C)c12.Cc1cc(C)[n+](C)c(=O)n1C.Cc1cc[n+](C)c(=O)n1C.Cc1cc[n+](C)cc1.Cc1ccc[n+](C)c1.Cc1cccc[n+]1C.Cc1n(C)nc[n+]1C.Cc1sc2ccccc2[n+]1C. The minimum Gasteiger partial charge on any atom is -0.508 e. The van der Waals surface area contributed by atoms with Crippen molar-refractivity contribution in [2.45, 2.75) is 99.4 Å². The summed E-state index contributed by atoms with van der Waals surface area (Å²) in [6, 6.07) is 30.5. The normalized spacial score (nSPS) is 9.43. The molecule has 1 N–H and O–H groups in total. The van der Waals surface area contributed by atoms with Crippen molar-refractivity contribution in [3.05, 3.63) is 212 Å². The zero-order chi connectivity index (χ0) is 57.8. The molecule has 0 spiro atoms. The first-order valence-electron chi connectivity index (χ1n) is 25.3. The Hall–Kier alpha value is -8.05. The number of pyridine rings is 3. The summed E-state index contributed by atoms with van der Waals surface area (Å²) in [7, 11) is 23.1. The summed E-state index contributed by atoms with van der Waals surface area (Å²) in [6.07, 6.45) is 15.8. The molecule has 0 unspecified atom stereocenters. The molecule has 17 heteroatoms. The highest BCUT2D eigenvalue weighted by Gasteiger charge is 2.14. The summed E-state index contributed by atoms with van der Waals surface area (Å²) in [5, 5.41) is 16.0. The molecule has 0 aliphatic carbocycles. The zero-order valence-electron chi connectivity index (χ0n) is 49.8. The average Bonchev–Trinajstić information content (AvgIpc) is 3.99. The molecule has 0 fully saturated rings. The Kier molecular flexibility index (Phi) is 35.3. The molecule has 8 heterocycles. The van der Waals surface area contributed by atoms with Crippen LogP contribution in [0.25, 0.3) is 21.1 Å². The molecule has 16 nitrogen and oxygen atoms in total. The van der Waals surface area contributed by atoms with Gasteiger partial charge < -0.3 is 5.11 Å². The Balaban J connectivity index is -0.000000868. The van der Waals surface area contributed by atoms with Gasteiger partial charge in [0.15, 0.2) is 43.7 Å². The van der Waals surface area contributed by atoms with E-state index in [9.17, 15) is 14.7 Å². The summed E-state index contributed by atoms with van der Waals surface area (Å²) < 4.78 is 24.0. The van der Waals surface area contributed by atoms with Crippen molar-refractivity contribution < 1.29 is 41.8 Å². The largest absolute Gasteiger partial charge is 0.508 e. The number of hydrogen-bond donors (Lipinski definition) is 1. The quantitative estimate of drug-likeness (QED) is 0.158. The van der Waals surface area contributed by atoms with Gasteiger partial charge in [0.05, 0.1) is 60.9 Å². The van der Waals surface area contributed by atoms with Gasteiger partial charge in [-0.15, -0.1) is 9.36 Å². The van der Waals surface area contributed by atoms with Crippen LogP contribution in [0.3, 0.4) is 0 Å². The second-order valence-electron chi connectivity index (χ2n) is 19.2. The number of thiazole rings is 1. The molecule has 10 aromatic rings. The maximum absolute atomic E-state index is 11.3. The van der Waals surface area contributed by atoms with E-state index in [0.717, 1.165) is 39.4 Å². The molecule has 0 bridgehead atoms. The van der Waals surface area contributed by atoms with E-state index in [2.05, 4.69) is 104 Å². The van der Waals surface area contributed by atoms with Crippen molar-refractivity contribution >= 4 is 32.5 Å². The second-order valence-corrected chi connectivity index (χ2v) is 20.4. The van der Waals surface area contributed by atoms with Crippen LogP contribution in [0.2, 0.25) is 0 Å². The van der Waals surface area contributed by atoms with E-state index >= 15 is 0 Å². The number of phenolic OH excluding ortho intramolecular Hbond substituents is 1. The number of rotatable bonds is 0. The molecule has 2 aromatic carbocycles. The molecule has 448 valence electrons. The van der Waals surface area contributed by atoms with Crippen LogP contribution < -0.4 is 48.0 Å². The highest BCUT2D eigenvalue weighted by atomic mass is 32.1. The monoisotopic (exact) mass is 1150 g/mol. The van der Waals surface area contributed by atoms with Crippen LogP contribution in [0.1, 0.15) is 87.4 Å². The van der Waals surface area contributed by atoms with Crippen molar-refractivity contribution in [3.8, 4) is 5.75 Å². The number of benzene rings is 2. The van der Waals surface area contributed by atoms with Gasteiger partial charge in [0.2, 0.25) is 22.5 Å². The Bertz CT molecular complexity index is 3520. The molecule has 0 saturated heterocycles. The summed E-state index contributed by atoms with van der Waals surface area (Å²) >= 11 is 1.84. The number of aromatic nitrogens is 13. The first-order valence-corrected chi connectivity index (χ1v) is 26.1. The number of nitrogens with zero attached hydrogens (tertiary/aromatic N) is 13. The summed E-state index contributed by atoms with van der Waals surface area (Å²) in [6.45, 7) is 18.1.